The number of carbonyl (C=O) groups is 1. The third-order valence-corrected chi connectivity index (χ3v) is 4.06. The molecule has 2 rings (SSSR count). The zero-order valence-corrected chi connectivity index (χ0v) is 10.8. The number of hydrogen-bond donors (Lipinski definition) is 1. The van der Waals surface area contributed by atoms with Gasteiger partial charge in [0.2, 0.25) is 5.91 Å². The number of rotatable bonds is 4. The highest BCUT2D eigenvalue weighted by Gasteiger charge is 2.26. The summed E-state index contributed by atoms with van der Waals surface area (Å²) in [6.07, 6.45) is 5.08. The Bertz CT molecular complexity index is 252. The van der Waals surface area contributed by atoms with Crippen molar-refractivity contribution in [1.29, 1.82) is 0 Å². The van der Waals surface area contributed by atoms with E-state index in [2.05, 4.69) is 12.2 Å². The van der Waals surface area contributed by atoms with Crippen molar-refractivity contribution >= 4 is 5.91 Å². The largest absolute Gasteiger partial charge is 0.378 e. The average molecular weight is 240 g/mol. The SMILES string of the molecule is CCC1CCCC1NCC(=O)N1CCOCC1. The number of nitrogens with one attached hydrogen (secondary N) is 1. The van der Waals surface area contributed by atoms with Crippen molar-refractivity contribution in [2.75, 3.05) is 32.8 Å². The van der Waals surface area contributed by atoms with Crippen LogP contribution in [0.3, 0.4) is 0 Å². The quantitative estimate of drug-likeness (QED) is 0.797. The van der Waals surface area contributed by atoms with Crippen molar-refractivity contribution in [2.45, 2.75) is 38.6 Å². The predicted molar refractivity (Wildman–Crippen MR) is 66.8 cm³/mol. The fraction of sp³-hybridized carbons (Fsp3) is 0.923. The topological polar surface area (TPSA) is 41.6 Å². The summed E-state index contributed by atoms with van der Waals surface area (Å²) >= 11 is 0. The van der Waals surface area contributed by atoms with Gasteiger partial charge in [-0.1, -0.05) is 19.8 Å². The molecule has 2 aliphatic rings. The maximum Gasteiger partial charge on any atom is 0.236 e. The Kier molecular flexibility index (Phi) is 4.80. The van der Waals surface area contributed by atoms with Crippen LogP contribution in [0.5, 0.6) is 0 Å². The predicted octanol–water partition coefficient (Wildman–Crippen LogP) is 1.01. The van der Waals surface area contributed by atoms with Gasteiger partial charge >= 0.3 is 0 Å². The summed E-state index contributed by atoms with van der Waals surface area (Å²) in [6.45, 7) is 5.62. The highest BCUT2D eigenvalue weighted by atomic mass is 16.5. The first-order valence-corrected chi connectivity index (χ1v) is 6.90. The minimum absolute atomic E-state index is 0.232. The maximum absolute atomic E-state index is 12.0. The van der Waals surface area contributed by atoms with Crippen LogP contribution in [0.15, 0.2) is 0 Å². The Morgan fingerprint density at radius 2 is 2.12 bits per heavy atom. The van der Waals surface area contributed by atoms with Crippen molar-refractivity contribution in [1.82, 2.24) is 10.2 Å². The van der Waals surface area contributed by atoms with Gasteiger partial charge in [0.05, 0.1) is 19.8 Å². The summed E-state index contributed by atoms with van der Waals surface area (Å²) in [4.78, 5) is 13.9. The van der Waals surface area contributed by atoms with E-state index in [0.29, 0.717) is 25.8 Å². The van der Waals surface area contributed by atoms with Crippen LogP contribution in [0.25, 0.3) is 0 Å². The normalized spacial score (nSPS) is 29.6. The van der Waals surface area contributed by atoms with Gasteiger partial charge in [-0.05, 0) is 18.8 Å². The van der Waals surface area contributed by atoms with Gasteiger partial charge in [0.1, 0.15) is 0 Å². The second kappa shape index (κ2) is 6.36. The van der Waals surface area contributed by atoms with E-state index in [4.69, 9.17) is 4.74 Å². The molecule has 0 aromatic carbocycles. The van der Waals surface area contributed by atoms with Crippen LogP contribution in [-0.4, -0.2) is 49.7 Å². The van der Waals surface area contributed by atoms with Gasteiger partial charge in [-0.25, -0.2) is 0 Å². The smallest absolute Gasteiger partial charge is 0.236 e. The lowest BCUT2D eigenvalue weighted by atomic mass is 10.0. The molecule has 4 nitrogen and oxygen atoms in total. The van der Waals surface area contributed by atoms with E-state index in [1.54, 1.807) is 0 Å². The van der Waals surface area contributed by atoms with E-state index in [0.717, 1.165) is 19.0 Å². The molecule has 0 radical (unpaired) electrons. The first kappa shape index (κ1) is 12.8. The standard InChI is InChI=1S/C13H24N2O2/c1-2-11-4-3-5-12(11)14-10-13(16)15-6-8-17-9-7-15/h11-12,14H,2-10H2,1H3. The van der Waals surface area contributed by atoms with Gasteiger partial charge in [0.25, 0.3) is 0 Å². The van der Waals surface area contributed by atoms with Crippen LogP contribution >= 0.6 is 0 Å². The summed E-state index contributed by atoms with van der Waals surface area (Å²) in [7, 11) is 0. The molecule has 1 saturated carbocycles. The molecule has 0 spiro atoms. The summed E-state index contributed by atoms with van der Waals surface area (Å²) in [5.41, 5.74) is 0. The van der Waals surface area contributed by atoms with Crippen molar-refractivity contribution in [3.63, 3.8) is 0 Å². The average Bonchev–Trinajstić information content (AvgIpc) is 2.84. The van der Waals surface area contributed by atoms with E-state index in [1.807, 2.05) is 4.90 Å². The van der Waals surface area contributed by atoms with Gasteiger partial charge in [-0.2, -0.15) is 0 Å². The van der Waals surface area contributed by atoms with E-state index in [9.17, 15) is 4.79 Å². The molecular weight excluding hydrogens is 216 g/mol. The molecule has 0 bridgehead atoms. The molecule has 1 aliphatic heterocycles. The van der Waals surface area contributed by atoms with Crippen LogP contribution in [0.2, 0.25) is 0 Å². The van der Waals surface area contributed by atoms with E-state index >= 15 is 0 Å². The Labute approximate surface area is 104 Å². The lowest BCUT2D eigenvalue weighted by molar-refractivity contribution is -0.134. The zero-order chi connectivity index (χ0) is 12.1. The van der Waals surface area contributed by atoms with E-state index in [1.165, 1.54) is 25.7 Å². The minimum Gasteiger partial charge on any atom is -0.378 e. The van der Waals surface area contributed by atoms with Crippen LogP contribution in [0.1, 0.15) is 32.6 Å². The fourth-order valence-corrected chi connectivity index (χ4v) is 2.94. The molecule has 1 saturated heterocycles. The van der Waals surface area contributed by atoms with Gasteiger partial charge < -0.3 is 15.0 Å². The molecule has 0 aromatic rings. The molecule has 2 atom stereocenters. The molecule has 4 heteroatoms. The molecule has 98 valence electrons. The Hall–Kier alpha value is -0.610. The molecular formula is C13H24N2O2. The van der Waals surface area contributed by atoms with Gasteiger partial charge in [0, 0.05) is 19.1 Å². The second-order valence-electron chi connectivity index (χ2n) is 5.08. The lowest BCUT2D eigenvalue weighted by Gasteiger charge is -2.28. The molecule has 1 N–H and O–H groups in total. The molecule has 1 aliphatic carbocycles. The number of ether oxygens (including phenoxy) is 1. The number of carbonyl (C=O) groups excluding carboxylic acids is 1. The third kappa shape index (κ3) is 3.42. The highest BCUT2D eigenvalue weighted by molar-refractivity contribution is 5.78. The lowest BCUT2D eigenvalue weighted by Crippen LogP contribution is -2.47. The van der Waals surface area contributed by atoms with Gasteiger partial charge in [0.15, 0.2) is 0 Å². The Morgan fingerprint density at radius 1 is 1.35 bits per heavy atom. The first-order chi connectivity index (χ1) is 8.31. The van der Waals surface area contributed by atoms with Crippen LogP contribution < -0.4 is 5.32 Å². The first-order valence-electron chi connectivity index (χ1n) is 6.90. The summed E-state index contributed by atoms with van der Waals surface area (Å²) in [5.74, 6) is 1.00. The van der Waals surface area contributed by atoms with E-state index in [-0.39, 0.29) is 5.91 Å². The van der Waals surface area contributed by atoms with Crippen LogP contribution in [-0.2, 0) is 9.53 Å². The molecule has 2 fully saturated rings. The van der Waals surface area contributed by atoms with Gasteiger partial charge in [-0.15, -0.1) is 0 Å². The molecule has 0 aromatic heterocycles. The van der Waals surface area contributed by atoms with Gasteiger partial charge in [-0.3, -0.25) is 4.79 Å². The molecule has 1 amide bonds. The monoisotopic (exact) mass is 240 g/mol. The maximum atomic E-state index is 12.0. The Balaban J connectivity index is 1.71. The second-order valence-corrected chi connectivity index (χ2v) is 5.08. The summed E-state index contributed by atoms with van der Waals surface area (Å²) < 4.78 is 5.25. The zero-order valence-electron chi connectivity index (χ0n) is 10.8. The molecule has 2 unspecified atom stereocenters. The summed E-state index contributed by atoms with van der Waals surface area (Å²) in [5, 5.41) is 3.45. The number of nitrogens with zero attached hydrogens (tertiary/aromatic N) is 1. The summed E-state index contributed by atoms with van der Waals surface area (Å²) in [6, 6.07) is 0.560. The van der Waals surface area contributed by atoms with Crippen molar-refractivity contribution in [3.05, 3.63) is 0 Å². The number of morpholine rings is 1. The molecule has 1 heterocycles. The minimum atomic E-state index is 0.232. The van der Waals surface area contributed by atoms with E-state index < -0.39 is 0 Å². The van der Waals surface area contributed by atoms with Crippen LogP contribution in [0.4, 0.5) is 0 Å². The van der Waals surface area contributed by atoms with Crippen molar-refractivity contribution < 1.29 is 9.53 Å². The van der Waals surface area contributed by atoms with Crippen molar-refractivity contribution in [3.8, 4) is 0 Å². The van der Waals surface area contributed by atoms with Crippen LogP contribution in [0, 0.1) is 5.92 Å². The fourth-order valence-electron chi connectivity index (χ4n) is 2.94. The Morgan fingerprint density at radius 3 is 2.82 bits per heavy atom. The number of hydrogen-bond acceptors (Lipinski definition) is 3. The molecule has 17 heavy (non-hydrogen) atoms. The third-order valence-electron chi connectivity index (χ3n) is 4.06. The number of amides is 1. The van der Waals surface area contributed by atoms with Crippen molar-refractivity contribution in [2.24, 2.45) is 5.92 Å². The highest BCUT2D eigenvalue weighted by Crippen LogP contribution is 2.27.